The molecule has 0 saturated heterocycles. The Bertz CT molecular complexity index is 968. The molecule has 0 fully saturated rings. The van der Waals surface area contributed by atoms with E-state index in [0.29, 0.717) is 19.8 Å². The van der Waals surface area contributed by atoms with Gasteiger partial charge in [-0.25, -0.2) is 0 Å². The molecule has 6 heteroatoms. The van der Waals surface area contributed by atoms with Gasteiger partial charge in [0.25, 0.3) is 0 Å². The molecule has 180 valence electrons. The maximum Gasteiger partial charge on any atom is 0.133 e. The number of rotatable bonds is 14. The lowest BCUT2D eigenvalue weighted by Crippen LogP contribution is -2.53. The summed E-state index contributed by atoms with van der Waals surface area (Å²) >= 11 is 0. The molecule has 0 saturated carbocycles. The van der Waals surface area contributed by atoms with E-state index in [9.17, 15) is 5.11 Å². The van der Waals surface area contributed by atoms with E-state index in [2.05, 4.69) is 5.16 Å². The van der Waals surface area contributed by atoms with Crippen molar-refractivity contribution >= 4 is 6.21 Å². The zero-order valence-corrected chi connectivity index (χ0v) is 19.7. The quantitative estimate of drug-likeness (QED) is 0.276. The van der Waals surface area contributed by atoms with E-state index in [4.69, 9.17) is 19.0 Å². The Morgan fingerprint density at radius 1 is 0.794 bits per heavy atom. The van der Waals surface area contributed by atoms with Crippen LogP contribution in [0.1, 0.15) is 23.6 Å². The summed E-state index contributed by atoms with van der Waals surface area (Å²) in [6.45, 7) is 2.90. The van der Waals surface area contributed by atoms with Crippen LogP contribution in [0.4, 0.5) is 0 Å². The molecule has 6 nitrogen and oxygen atoms in total. The van der Waals surface area contributed by atoms with E-state index in [1.54, 1.807) is 0 Å². The second kappa shape index (κ2) is 13.6. The van der Waals surface area contributed by atoms with Crippen LogP contribution in [0.15, 0.2) is 96.2 Å². The standard InChI is InChI=1S/C28H33NO5/c1-28(22-29-31-2,34-20-25-16-10-5-11-17-25)27(33-19-24-14-8-4-9-15-24)26(30)21-32-18-23-12-6-3-7-13-23/h3-17,22,26-27,30H,18-21H2,1-2H3/b29-22+/t26-,27-,28+/m1/s1. The van der Waals surface area contributed by atoms with Gasteiger partial charge in [-0.2, -0.15) is 0 Å². The van der Waals surface area contributed by atoms with Crippen molar-refractivity contribution in [3.63, 3.8) is 0 Å². The Hall–Kier alpha value is -3.03. The third-order valence-corrected chi connectivity index (χ3v) is 5.39. The SMILES string of the molecule is CO/N=C/[C@](C)(OCc1ccccc1)[C@H](OCc1ccccc1)[C@H](O)COCc1ccccc1. The van der Waals surface area contributed by atoms with Crippen LogP contribution in [0, 0.1) is 0 Å². The summed E-state index contributed by atoms with van der Waals surface area (Å²) in [5, 5.41) is 15.1. The summed E-state index contributed by atoms with van der Waals surface area (Å²) in [6.07, 6.45) is -0.214. The number of aliphatic hydroxyl groups is 1. The Balaban J connectivity index is 1.75. The van der Waals surface area contributed by atoms with Gasteiger partial charge in [0.1, 0.15) is 24.9 Å². The van der Waals surface area contributed by atoms with Gasteiger partial charge in [-0.15, -0.1) is 0 Å². The van der Waals surface area contributed by atoms with Gasteiger partial charge >= 0.3 is 0 Å². The van der Waals surface area contributed by atoms with Gasteiger partial charge < -0.3 is 24.2 Å². The van der Waals surface area contributed by atoms with Crippen LogP contribution in [0.5, 0.6) is 0 Å². The molecule has 3 atom stereocenters. The molecule has 0 unspecified atom stereocenters. The Morgan fingerprint density at radius 3 is 1.82 bits per heavy atom. The maximum atomic E-state index is 11.2. The normalized spacial score (nSPS) is 15.0. The van der Waals surface area contributed by atoms with Crippen LogP contribution in [0.2, 0.25) is 0 Å². The van der Waals surface area contributed by atoms with Crippen molar-refractivity contribution in [1.82, 2.24) is 0 Å². The minimum Gasteiger partial charge on any atom is -0.399 e. The summed E-state index contributed by atoms with van der Waals surface area (Å²) < 4.78 is 18.3. The first-order valence-electron chi connectivity index (χ1n) is 11.3. The van der Waals surface area contributed by atoms with Crippen molar-refractivity contribution in [2.24, 2.45) is 5.16 Å². The second-order valence-corrected chi connectivity index (χ2v) is 8.16. The number of benzene rings is 3. The summed E-state index contributed by atoms with van der Waals surface area (Å²) in [7, 11) is 1.47. The smallest absolute Gasteiger partial charge is 0.133 e. The van der Waals surface area contributed by atoms with Gasteiger partial charge in [0.2, 0.25) is 0 Å². The number of aliphatic hydroxyl groups excluding tert-OH is 1. The second-order valence-electron chi connectivity index (χ2n) is 8.16. The highest BCUT2D eigenvalue weighted by Gasteiger charge is 2.40. The largest absolute Gasteiger partial charge is 0.399 e. The highest BCUT2D eigenvalue weighted by molar-refractivity contribution is 5.69. The third-order valence-electron chi connectivity index (χ3n) is 5.39. The number of ether oxygens (including phenoxy) is 3. The monoisotopic (exact) mass is 463 g/mol. The summed E-state index contributed by atoms with van der Waals surface area (Å²) in [6, 6.07) is 29.4. The van der Waals surface area contributed by atoms with Crippen molar-refractivity contribution in [2.75, 3.05) is 13.7 Å². The molecule has 0 heterocycles. The van der Waals surface area contributed by atoms with Gasteiger partial charge in [-0.05, 0) is 23.6 Å². The van der Waals surface area contributed by atoms with E-state index in [0.717, 1.165) is 16.7 Å². The topological polar surface area (TPSA) is 69.5 Å². The molecule has 0 aliphatic rings. The molecule has 0 radical (unpaired) electrons. The van der Waals surface area contributed by atoms with E-state index in [1.807, 2.05) is 97.9 Å². The van der Waals surface area contributed by atoms with E-state index in [-0.39, 0.29) is 6.61 Å². The Labute approximate surface area is 201 Å². The third kappa shape index (κ3) is 8.08. The fraction of sp³-hybridized carbons (Fsp3) is 0.321. The molecule has 0 bridgehead atoms. The zero-order chi connectivity index (χ0) is 24.1. The molecule has 3 aromatic carbocycles. The average molecular weight is 464 g/mol. The minimum absolute atomic E-state index is 0.0689. The van der Waals surface area contributed by atoms with Crippen molar-refractivity contribution in [2.45, 2.75) is 44.6 Å². The maximum absolute atomic E-state index is 11.2. The lowest BCUT2D eigenvalue weighted by molar-refractivity contribution is -0.163. The summed E-state index contributed by atoms with van der Waals surface area (Å²) in [5.74, 6) is 0. The van der Waals surface area contributed by atoms with Gasteiger partial charge in [0.15, 0.2) is 0 Å². The Kier molecular flexibility index (Phi) is 10.3. The van der Waals surface area contributed by atoms with Crippen molar-refractivity contribution in [3.8, 4) is 0 Å². The molecular formula is C28H33NO5. The van der Waals surface area contributed by atoms with Crippen LogP contribution in [-0.2, 0) is 38.9 Å². The summed E-state index contributed by atoms with van der Waals surface area (Å²) in [4.78, 5) is 4.94. The van der Waals surface area contributed by atoms with Gasteiger partial charge in [-0.3, -0.25) is 0 Å². The minimum atomic E-state index is -1.09. The predicted molar refractivity (Wildman–Crippen MR) is 132 cm³/mol. The van der Waals surface area contributed by atoms with Crippen LogP contribution >= 0.6 is 0 Å². The highest BCUT2D eigenvalue weighted by Crippen LogP contribution is 2.24. The first kappa shape index (κ1) is 25.6. The summed E-state index contributed by atoms with van der Waals surface area (Å²) in [5.41, 5.74) is 1.92. The fourth-order valence-electron chi connectivity index (χ4n) is 3.54. The van der Waals surface area contributed by atoms with Gasteiger partial charge in [-0.1, -0.05) is 96.2 Å². The molecule has 34 heavy (non-hydrogen) atoms. The number of hydrogen-bond donors (Lipinski definition) is 1. The first-order valence-corrected chi connectivity index (χ1v) is 11.3. The van der Waals surface area contributed by atoms with E-state index in [1.165, 1.54) is 13.3 Å². The van der Waals surface area contributed by atoms with Crippen LogP contribution < -0.4 is 0 Å². The number of hydrogen-bond acceptors (Lipinski definition) is 6. The molecule has 0 aliphatic heterocycles. The molecule has 1 N–H and O–H groups in total. The van der Waals surface area contributed by atoms with E-state index >= 15 is 0 Å². The number of oxime groups is 1. The molecule has 0 aromatic heterocycles. The zero-order valence-electron chi connectivity index (χ0n) is 19.7. The first-order chi connectivity index (χ1) is 16.6. The van der Waals surface area contributed by atoms with Crippen molar-refractivity contribution in [1.29, 1.82) is 0 Å². The molecule has 0 aliphatic carbocycles. The highest BCUT2D eigenvalue weighted by atomic mass is 16.6. The van der Waals surface area contributed by atoms with Crippen LogP contribution in [0.25, 0.3) is 0 Å². The average Bonchev–Trinajstić information content (AvgIpc) is 2.88. The Morgan fingerprint density at radius 2 is 1.29 bits per heavy atom. The molecule has 3 rings (SSSR count). The van der Waals surface area contributed by atoms with Gasteiger partial charge in [0.05, 0.1) is 32.6 Å². The molecule has 0 amide bonds. The van der Waals surface area contributed by atoms with E-state index < -0.39 is 17.8 Å². The van der Waals surface area contributed by atoms with Crippen molar-refractivity contribution in [3.05, 3.63) is 108 Å². The molecule has 3 aromatic rings. The van der Waals surface area contributed by atoms with Crippen LogP contribution in [-0.4, -0.2) is 42.8 Å². The fourth-order valence-corrected chi connectivity index (χ4v) is 3.54. The predicted octanol–water partition coefficient (Wildman–Crippen LogP) is 4.76. The van der Waals surface area contributed by atoms with Gasteiger partial charge in [0, 0.05) is 0 Å². The lowest BCUT2D eigenvalue weighted by Gasteiger charge is -2.37. The lowest BCUT2D eigenvalue weighted by atomic mass is 9.95. The number of nitrogens with zero attached hydrogens (tertiary/aromatic N) is 1. The van der Waals surface area contributed by atoms with Crippen LogP contribution in [0.3, 0.4) is 0 Å². The van der Waals surface area contributed by atoms with Crippen molar-refractivity contribution < 1.29 is 24.2 Å². The molecule has 0 spiro atoms. The molecular weight excluding hydrogens is 430 g/mol.